The standard InChI is InChI=1S/C45H40O13/c46-40(30-18-8-2-9-19-30)52-27-34-36(56-42(48)32-22-12-4-13-23-32)38(44(50)54-34)58-45-39(51-26-29-16-6-1-7-17-29)37(57-43(49)33-24-14-5-15-25-33)35(55-45)28-53-41(47)31-20-10-3-11-21-31/h1-25,34-39,44-45,50H,26-28H2/t34-,35-,36-,37-,38+,39+,44+,45-/m1/s1. The van der Waals surface area contributed by atoms with E-state index in [0.29, 0.717) is 0 Å². The smallest absolute Gasteiger partial charge is 0.338 e. The Balaban J connectivity index is 1.17. The number of aliphatic hydroxyl groups is 1. The van der Waals surface area contributed by atoms with E-state index in [4.69, 9.17) is 37.9 Å². The first-order chi connectivity index (χ1) is 28.3. The van der Waals surface area contributed by atoms with Gasteiger partial charge in [0.1, 0.15) is 31.5 Å². The summed E-state index contributed by atoms with van der Waals surface area (Å²) >= 11 is 0. The molecule has 2 fully saturated rings. The van der Waals surface area contributed by atoms with E-state index in [0.717, 1.165) is 5.56 Å². The molecular weight excluding hydrogens is 748 g/mol. The molecule has 5 aromatic rings. The van der Waals surface area contributed by atoms with Gasteiger partial charge in [-0.3, -0.25) is 0 Å². The van der Waals surface area contributed by atoms with Crippen LogP contribution in [0.3, 0.4) is 0 Å². The lowest BCUT2D eigenvalue weighted by Gasteiger charge is -2.29. The second-order valence-electron chi connectivity index (χ2n) is 13.4. The van der Waals surface area contributed by atoms with Gasteiger partial charge in [-0.05, 0) is 54.1 Å². The fourth-order valence-electron chi connectivity index (χ4n) is 6.47. The van der Waals surface area contributed by atoms with Crippen molar-refractivity contribution in [3.63, 3.8) is 0 Å². The molecule has 58 heavy (non-hydrogen) atoms. The van der Waals surface area contributed by atoms with Crippen LogP contribution in [0.1, 0.15) is 47.0 Å². The highest BCUT2D eigenvalue weighted by Crippen LogP contribution is 2.35. The van der Waals surface area contributed by atoms with Gasteiger partial charge in [0.2, 0.25) is 0 Å². The average molecular weight is 789 g/mol. The summed E-state index contributed by atoms with van der Waals surface area (Å²) in [5.74, 6) is -2.79. The third-order valence-corrected chi connectivity index (χ3v) is 9.41. The monoisotopic (exact) mass is 788 g/mol. The molecule has 0 unspecified atom stereocenters. The van der Waals surface area contributed by atoms with Gasteiger partial charge in [0.25, 0.3) is 0 Å². The highest BCUT2D eigenvalue weighted by atomic mass is 16.8. The molecule has 0 aliphatic carbocycles. The molecule has 0 aromatic heterocycles. The lowest BCUT2D eigenvalue weighted by molar-refractivity contribution is -0.242. The third kappa shape index (κ3) is 10.0. The first-order valence-corrected chi connectivity index (χ1v) is 18.6. The second-order valence-corrected chi connectivity index (χ2v) is 13.4. The summed E-state index contributed by atoms with van der Waals surface area (Å²) in [6, 6.07) is 42.2. The van der Waals surface area contributed by atoms with Crippen molar-refractivity contribution in [1.29, 1.82) is 0 Å². The maximum atomic E-state index is 13.6. The lowest BCUT2D eigenvalue weighted by atomic mass is 10.1. The topological polar surface area (TPSA) is 162 Å². The van der Waals surface area contributed by atoms with E-state index in [1.807, 2.05) is 30.3 Å². The molecule has 1 N–H and O–H groups in total. The van der Waals surface area contributed by atoms with Gasteiger partial charge in [-0.15, -0.1) is 0 Å². The zero-order valence-corrected chi connectivity index (χ0v) is 31.0. The van der Waals surface area contributed by atoms with Crippen molar-refractivity contribution in [2.75, 3.05) is 13.2 Å². The quantitative estimate of drug-likeness (QED) is 0.104. The molecule has 2 aliphatic rings. The Kier molecular flexibility index (Phi) is 13.3. The summed E-state index contributed by atoms with van der Waals surface area (Å²) in [5.41, 5.74) is 1.79. The molecule has 0 spiro atoms. The Morgan fingerprint density at radius 3 is 1.29 bits per heavy atom. The maximum absolute atomic E-state index is 13.6. The van der Waals surface area contributed by atoms with E-state index in [1.165, 1.54) is 0 Å². The van der Waals surface area contributed by atoms with Crippen LogP contribution in [0.15, 0.2) is 152 Å². The van der Waals surface area contributed by atoms with Gasteiger partial charge in [0, 0.05) is 0 Å². The van der Waals surface area contributed by atoms with Crippen molar-refractivity contribution >= 4 is 23.9 Å². The number of carbonyl (C=O) groups is 4. The minimum Gasteiger partial charge on any atom is -0.459 e. The SMILES string of the molecule is O=C(OC[C@H]1O[C@H](O[C@H]2[C@H](OC(=O)c3ccccc3)[C@@H](COC(=O)c3ccccc3)O[C@@H]2O)[C@@H](OCc2ccccc2)[C@@H]1OC(=O)c1ccccc1)c1ccccc1. The van der Waals surface area contributed by atoms with Crippen molar-refractivity contribution < 1.29 is 62.2 Å². The summed E-state index contributed by atoms with van der Waals surface area (Å²) in [6.45, 7) is -0.801. The maximum Gasteiger partial charge on any atom is 0.338 e. The molecule has 13 heteroatoms. The van der Waals surface area contributed by atoms with E-state index >= 15 is 0 Å². The first-order valence-electron chi connectivity index (χ1n) is 18.6. The average Bonchev–Trinajstić information content (AvgIpc) is 3.75. The van der Waals surface area contributed by atoms with E-state index in [-0.39, 0.29) is 35.5 Å². The number of esters is 4. The van der Waals surface area contributed by atoms with Gasteiger partial charge in [0.05, 0.1) is 28.9 Å². The molecule has 0 saturated carbocycles. The van der Waals surface area contributed by atoms with E-state index < -0.39 is 79.7 Å². The van der Waals surface area contributed by atoms with Crippen LogP contribution >= 0.6 is 0 Å². The van der Waals surface area contributed by atoms with Crippen LogP contribution in [0.4, 0.5) is 0 Å². The predicted molar refractivity (Wildman–Crippen MR) is 204 cm³/mol. The van der Waals surface area contributed by atoms with Crippen LogP contribution in [-0.2, 0) is 44.5 Å². The highest BCUT2D eigenvalue weighted by Gasteiger charge is 2.55. The zero-order chi connectivity index (χ0) is 40.3. The number of hydrogen-bond acceptors (Lipinski definition) is 13. The van der Waals surface area contributed by atoms with Gasteiger partial charge >= 0.3 is 23.9 Å². The predicted octanol–water partition coefficient (Wildman–Crippen LogP) is 5.56. The Morgan fingerprint density at radius 2 is 0.845 bits per heavy atom. The zero-order valence-electron chi connectivity index (χ0n) is 31.0. The number of rotatable bonds is 15. The molecule has 5 aromatic carbocycles. The number of carbonyl (C=O) groups excluding carboxylic acids is 4. The summed E-state index contributed by atoms with van der Waals surface area (Å²) < 4.78 is 48.1. The third-order valence-electron chi connectivity index (χ3n) is 9.41. The van der Waals surface area contributed by atoms with Gasteiger partial charge in [-0.1, -0.05) is 103 Å². The van der Waals surface area contributed by atoms with Crippen molar-refractivity contribution in [2.24, 2.45) is 0 Å². The highest BCUT2D eigenvalue weighted by molar-refractivity contribution is 5.91. The molecule has 2 saturated heterocycles. The number of aliphatic hydroxyl groups excluding tert-OH is 1. The van der Waals surface area contributed by atoms with Crippen LogP contribution < -0.4 is 0 Å². The molecule has 13 nitrogen and oxygen atoms in total. The van der Waals surface area contributed by atoms with Crippen LogP contribution in [0.2, 0.25) is 0 Å². The minimum absolute atomic E-state index is 0.0127. The molecule has 0 radical (unpaired) electrons. The van der Waals surface area contributed by atoms with E-state index in [1.54, 1.807) is 121 Å². The fraction of sp³-hybridized carbons (Fsp3) is 0.244. The largest absolute Gasteiger partial charge is 0.459 e. The van der Waals surface area contributed by atoms with Crippen molar-refractivity contribution in [3.8, 4) is 0 Å². The second kappa shape index (κ2) is 19.3. The Hall–Kier alpha value is -6.22. The number of hydrogen-bond donors (Lipinski definition) is 1. The Morgan fingerprint density at radius 1 is 0.466 bits per heavy atom. The molecule has 298 valence electrons. The molecule has 0 amide bonds. The molecular formula is C45H40O13. The van der Waals surface area contributed by atoms with Crippen molar-refractivity contribution in [1.82, 2.24) is 0 Å². The van der Waals surface area contributed by atoms with Crippen LogP contribution in [0.5, 0.6) is 0 Å². The summed E-state index contributed by atoms with van der Waals surface area (Å²) in [4.78, 5) is 53.0. The summed E-state index contributed by atoms with van der Waals surface area (Å²) in [5, 5.41) is 11.3. The van der Waals surface area contributed by atoms with Crippen LogP contribution in [-0.4, -0.2) is 91.4 Å². The fourth-order valence-corrected chi connectivity index (χ4v) is 6.47. The normalized spacial score (nSPS) is 23.7. The van der Waals surface area contributed by atoms with Gasteiger partial charge in [-0.25, -0.2) is 19.2 Å². The molecule has 7 rings (SSSR count). The van der Waals surface area contributed by atoms with Gasteiger partial charge < -0.3 is 43.0 Å². The molecule has 2 heterocycles. The Labute approximate surface area is 333 Å². The molecule has 0 bridgehead atoms. The van der Waals surface area contributed by atoms with Gasteiger partial charge in [0.15, 0.2) is 30.9 Å². The molecule has 8 atom stereocenters. The van der Waals surface area contributed by atoms with Crippen molar-refractivity contribution in [2.45, 2.75) is 55.8 Å². The summed E-state index contributed by atoms with van der Waals surface area (Å²) in [6.07, 6.45) is -10.7. The van der Waals surface area contributed by atoms with Gasteiger partial charge in [-0.2, -0.15) is 0 Å². The van der Waals surface area contributed by atoms with Crippen LogP contribution in [0.25, 0.3) is 0 Å². The number of ether oxygens (including phenoxy) is 8. The Bertz CT molecular complexity index is 2100. The molecule has 2 aliphatic heterocycles. The summed E-state index contributed by atoms with van der Waals surface area (Å²) in [7, 11) is 0. The van der Waals surface area contributed by atoms with E-state index in [9.17, 15) is 24.3 Å². The minimum atomic E-state index is -1.73. The number of benzene rings is 5. The van der Waals surface area contributed by atoms with Crippen LogP contribution in [0, 0.1) is 0 Å². The van der Waals surface area contributed by atoms with E-state index in [2.05, 4.69) is 0 Å². The first kappa shape index (κ1) is 40.0. The lowest BCUT2D eigenvalue weighted by Crippen LogP contribution is -2.46. The van der Waals surface area contributed by atoms with Crippen molar-refractivity contribution in [3.05, 3.63) is 179 Å².